The molecule has 1 unspecified atom stereocenters. The van der Waals surface area contributed by atoms with Crippen LogP contribution in [0.4, 0.5) is 5.69 Å². The highest BCUT2D eigenvalue weighted by Crippen LogP contribution is 2.27. The molecule has 0 spiro atoms. The van der Waals surface area contributed by atoms with E-state index in [4.69, 9.17) is 4.74 Å². The Kier molecular flexibility index (Phi) is 5.46. The van der Waals surface area contributed by atoms with E-state index in [2.05, 4.69) is 10.3 Å². The number of ether oxygens (including phenoxy) is 1. The highest BCUT2D eigenvalue weighted by molar-refractivity contribution is 7.99. The highest BCUT2D eigenvalue weighted by Gasteiger charge is 2.21. The molecule has 0 bridgehead atoms. The van der Waals surface area contributed by atoms with Crippen molar-refractivity contribution < 1.29 is 9.53 Å². The molecule has 0 radical (unpaired) electrons. The zero-order valence-electron chi connectivity index (χ0n) is 12.8. The maximum atomic E-state index is 12.6. The van der Waals surface area contributed by atoms with Crippen molar-refractivity contribution in [3.8, 4) is 5.88 Å². The lowest BCUT2D eigenvalue weighted by atomic mass is 10.2. The molecular formula is C17H18N2O2S2. The number of hydrogen-bond acceptors (Lipinski definition) is 5. The maximum absolute atomic E-state index is 12.6. The number of anilines is 1. The van der Waals surface area contributed by atoms with Gasteiger partial charge in [0.15, 0.2) is 0 Å². The number of thioether (sulfide) groups is 2. The summed E-state index contributed by atoms with van der Waals surface area (Å²) >= 11 is 3.47. The van der Waals surface area contributed by atoms with Crippen LogP contribution in [-0.4, -0.2) is 34.8 Å². The van der Waals surface area contributed by atoms with E-state index in [1.165, 1.54) is 0 Å². The Balaban J connectivity index is 1.79. The normalized spacial score (nSPS) is 17.0. The summed E-state index contributed by atoms with van der Waals surface area (Å²) in [5, 5.41) is 2.96. The van der Waals surface area contributed by atoms with Crippen LogP contribution >= 0.6 is 23.5 Å². The van der Waals surface area contributed by atoms with Crippen molar-refractivity contribution in [1.82, 2.24) is 4.98 Å². The Bertz CT molecular complexity index is 688. The zero-order chi connectivity index (χ0) is 16.1. The molecule has 1 aromatic heterocycles. The molecule has 1 amide bonds. The second-order valence-electron chi connectivity index (χ2n) is 5.11. The molecule has 4 nitrogen and oxygen atoms in total. The third kappa shape index (κ3) is 4.00. The van der Waals surface area contributed by atoms with Gasteiger partial charge in [-0.3, -0.25) is 4.79 Å². The van der Waals surface area contributed by atoms with Gasteiger partial charge in [0, 0.05) is 16.8 Å². The first-order chi connectivity index (χ1) is 11.3. The minimum absolute atomic E-state index is 0.139. The maximum Gasteiger partial charge on any atom is 0.261 e. The van der Waals surface area contributed by atoms with E-state index in [0.717, 1.165) is 28.5 Å². The van der Waals surface area contributed by atoms with Crippen LogP contribution in [0.2, 0.25) is 0 Å². The number of rotatable bonds is 5. The number of carbonyl (C=O) groups is 1. The number of pyridine rings is 1. The molecule has 1 fully saturated rings. The number of benzene rings is 1. The van der Waals surface area contributed by atoms with Gasteiger partial charge in [-0.2, -0.15) is 11.8 Å². The van der Waals surface area contributed by atoms with E-state index < -0.39 is 0 Å². The summed E-state index contributed by atoms with van der Waals surface area (Å²) in [5.41, 5.74) is 1.27. The lowest BCUT2D eigenvalue weighted by Gasteiger charge is -2.15. The van der Waals surface area contributed by atoms with E-state index in [1.807, 2.05) is 42.3 Å². The summed E-state index contributed by atoms with van der Waals surface area (Å²) in [6.07, 6.45) is 4.78. The predicted molar refractivity (Wildman–Crippen MR) is 96.8 cm³/mol. The van der Waals surface area contributed by atoms with Gasteiger partial charge in [0.25, 0.3) is 5.91 Å². The Morgan fingerprint density at radius 2 is 2.22 bits per heavy atom. The molecule has 2 aromatic rings. The molecule has 1 aliphatic rings. The number of carbonyl (C=O) groups excluding carboxylic acids is 1. The molecule has 1 saturated heterocycles. The second-order valence-corrected chi connectivity index (χ2v) is 7.11. The predicted octanol–water partition coefficient (Wildman–Crippen LogP) is 3.94. The summed E-state index contributed by atoms with van der Waals surface area (Å²) in [7, 11) is 0. The Morgan fingerprint density at radius 3 is 3.00 bits per heavy atom. The van der Waals surface area contributed by atoms with Gasteiger partial charge in [0.2, 0.25) is 5.88 Å². The number of nitrogens with one attached hydrogen (secondary N) is 1. The van der Waals surface area contributed by atoms with E-state index in [1.54, 1.807) is 30.1 Å². The van der Waals surface area contributed by atoms with Crippen LogP contribution in [0.5, 0.6) is 5.88 Å². The summed E-state index contributed by atoms with van der Waals surface area (Å²) in [5.74, 6) is 2.27. The third-order valence-electron chi connectivity index (χ3n) is 3.54. The van der Waals surface area contributed by atoms with Crippen molar-refractivity contribution in [2.45, 2.75) is 17.4 Å². The number of aromatic nitrogens is 1. The summed E-state index contributed by atoms with van der Waals surface area (Å²) < 4.78 is 5.92. The molecule has 120 valence electrons. The van der Waals surface area contributed by atoms with Gasteiger partial charge in [-0.15, -0.1) is 11.8 Å². The number of para-hydroxylation sites is 1. The van der Waals surface area contributed by atoms with Crippen LogP contribution in [0.25, 0.3) is 0 Å². The molecule has 1 aliphatic heterocycles. The number of amides is 1. The molecular weight excluding hydrogens is 328 g/mol. The molecule has 1 atom stereocenters. The van der Waals surface area contributed by atoms with Crippen molar-refractivity contribution in [3.63, 3.8) is 0 Å². The monoisotopic (exact) mass is 346 g/mol. The van der Waals surface area contributed by atoms with Crippen LogP contribution in [-0.2, 0) is 0 Å². The first-order valence-electron chi connectivity index (χ1n) is 7.41. The first-order valence-corrected chi connectivity index (χ1v) is 9.79. The van der Waals surface area contributed by atoms with Crippen molar-refractivity contribution in [1.29, 1.82) is 0 Å². The van der Waals surface area contributed by atoms with Gasteiger partial charge in [0.05, 0.1) is 5.69 Å². The van der Waals surface area contributed by atoms with Crippen molar-refractivity contribution in [2.75, 3.05) is 23.1 Å². The lowest BCUT2D eigenvalue weighted by molar-refractivity contribution is 0.101. The standard InChI is InChI=1S/C17H18N2O2S2/c1-22-15-7-3-2-6-14(15)19-16(20)13-5-4-9-18-17(13)21-12-8-10-23-11-12/h2-7,9,12H,8,10-11H2,1H3,(H,19,20). The third-order valence-corrected chi connectivity index (χ3v) is 5.46. The largest absolute Gasteiger partial charge is 0.473 e. The number of hydrogen-bond donors (Lipinski definition) is 1. The lowest BCUT2D eigenvalue weighted by Crippen LogP contribution is -2.20. The fraction of sp³-hybridized carbons (Fsp3) is 0.294. The zero-order valence-corrected chi connectivity index (χ0v) is 14.5. The van der Waals surface area contributed by atoms with Gasteiger partial charge < -0.3 is 10.1 Å². The van der Waals surface area contributed by atoms with E-state index in [0.29, 0.717) is 11.4 Å². The van der Waals surface area contributed by atoms with Crippen LogP contribution in [0.15, 0.2) is 47.5 Å². The van der Waals surface area contributed by atoms with Crippen LogP contribution in [0.1, 0.15) is 16.8 Å². The average molecular weight is 346 g/mol. The molecule has 6 heteroatoms. The van der Waals surface area contributed by atoms with Gasteiger partial charge in [-0.05, 0) is 42.7 Å². The smallest absolute Gasteiger partial charge is 0.261 e. The second kappa shape index (κ2) is 7.75. The summed E-state index contributed by atoms with van der Waals surface area (Å²) in [4.78, 5) is 17.9. The minimum Gasteiger partial charge on any atom is -0.473 e. The molecule has 23 heavy (non-hydrogen) atoms. The Morgan fingerprint density at radius 1 is 1.35 bits per heavy atom. The van der Waals surface area contributed by atoms with Gasteiger partial charge in [-0.1, -0.05) is 12.1 Å². The van der Waals surface area contributed by atoms with Gasteiger partial charge >= 0.3 is 0 Å². The minimum atomic E-state index is -0.194. The number of nitrogens with zero attached hydrogens (tertiary/aromatic N) is 1. The molecule has 2 heterocycles. The highest BCUT2D eigenvalue weighted by atomic mass is 32.2. The van der Waals surface area contributed by atoms with Crippen molar-refractivity contribution >= 4 is 35.1 Å². The fourth-order valence-electron chi connectivity index (χ4n) is 2.36. The quantitative estimate of drug-likeness (QED) is 0.831. The van der Waals surface area contributed by atoms with Crippen molar-refractivity contribution in [3.05, 3.63) is 48.2 Å². The molecule has 1 N–H and O–H groups in total. The molecule has 0 saturated carbocycles. The molecule has 3 rings (SSSR count). The topological polar surface area (TPSA) is 51.2 Å². The molecule has 1 aromatic carbocycles. The van der Waals surface area contributed by atoms with Crippen molar-refractivity contribution in [2.24, 2.45) is 0 Å². The van der Waals surface area contributed by atoms with Gasteiger partial charge in [-0.25, -0.2) is 4.98 Å². The SMILES string of the molecule is CSc1ccccc1NC(=O)c1cccnc1OC1CCSC1. The summed E-state index contributed by atoms with van der Waals surface area (Å²) in [6, 6.07) is 11.3. The molecule has 0 aliphatic carbocycles. The summed E-state index contributed by atoms with van der Waals surface area (Å²) in [6.45, 7) is 0. The van der Waals surface area contributed by atoms with Crippen LogP contribution in [0.3, 0.4) is 0 Å². The van der Waals surface area contributed by atoms with E-state index in [9.17, 15) is 4.79 Å². The van der Waals surface area contributed by atoms with Crippen LogP contribution in [0, 0.1) is 0 Å². The van der Waals surface area contributed by atoms with Gasteiger partial charge in [0.1, 0.15) is 11.7 Å². The van der Waals surface area contributed by atoms with Crippen LogP contribution < -0.4 is 10.1 Å². The Labute approximate surface area is 144 Å². The van der Waals surface area contributed by atoms with E-state index >= 15 is 0 Å². The van der Waals surface area contributed by atoms with E-state index in [-0.39, 0.29) is 12.0 Å². The Hall–Kier alpha value is -1.66. The fourth-order valence-corrected chi connectivity index (χ4v) is 4.01. The first kappa shape index (κ1) is 16.2. The average Bonchev–Trinajstić information content (AvgIpc) is 3.09.